The fourth-order valence-electron chi connectivity index (χ4n) is 3.17. The lowest BCUT2D eigenvalue weighted by atomic mass is 9.85. The van der Waals surface area contributed by atoms with Crippen LogP contribution in [0.25, 0.3) is 0 Å². The molecule has 1 amide bonds. The van der Waals surface area contributed by atoms with Gasteiger partial charge in [0.2, 0.25) is 5.91 Å². The number of halogens is 5. The summed E-state index contributed by atoms with van der Waals surface area (Å²) in [5.41, 5.74) is 0.723. The summed E-state index contributed by atoms with van der Waals surface area (Å²) < 4.78 is 45.8. The molecule has 0 aromatic heterocycles. The highest BCUT2D eigenvalue weighted by atomic mass is 35.5. The topological polar surface area (TPSA) is 75.6 Å². The Balaban J connectivity index is 2.42. The molecule has 2 rings (SSSR count). The second kappa shape index (κ2) is 10.4. The van der Waals surface area contributed by atoms with E-state index in [-0.39, 0.29) is 33.5 Å². The molecule has 0 aliphatic rings. The lowest BCUT2D eigenvalue weighted by molar-refractivity contribution is -0.178. The summed E-state index contributed by atoms with van der Waals surface area (Å²) in [7, 11) is 1.32. The van der Waals surface area contributed by atoms with Crippen molar-refractivity contribution in [3.8, 4) is 5.75 Å². The first-order chi connectivity index (χ1) is 14.8. The zero-order chi connectivity index (χ0) is 24.2. The predicted octanol–water partition coefficient (Wildman–Crippen LogP) is 6.19. The van der Waals surface area contributed by atoms with E-state index in [4.69, 9.17) is 33.0 Å². The van der Waals surface area contributed by atoms with Gasteiger partial charge in [0.25, 0.3) is 0 Å². The fraction of sp³-hybridized carbons (Fsp3) is 0.364. The van der Waals surface area contributed by atoms with Gasteiger partial charge in [-0.05, 0) is 41.8 Å². The highest BCUT2D eigenvalue weighted by molar-refractivity contribution is 6.33. The third kappa shape index (κ3) is 6.29. The molecular formula is C22H22Cl2F3NO4. The van der Waals surface area contributed by atoms with Crippen molar-refractivity contribution < 1.29 is 32.6 Å². The van der Waals surface area contributed by atoms with Crippen molar-refractivity contribution in [2.75, 3.05) is 12.4 Å². The molecular weight excluding hydrogens is 470 g/mol. The van der Waals surface area contributed by atoms with E-state index in [1.54, 1.807) is 6.07 Å². The smallest absolute Gasteiger partial charge is 0.392 e. The number of carbonyl (C=O) groups is 2. The molecule has 0 radical (unpaired) electrons. The van der Waals surface area contributed by atoms with Gasteiger partial charge in [0.1, 0.15) is 5.75 Å². The molecule has 2 aromatic carbocycles. The minimum absolute atomic E-state index is 0.0698. The number of anilines is 1. The molecule has 0 aliphatic carbocycles. The first-order valence-electron chi connectivity index (χ1n) is 9.57. The first-order valence-corrected chi connectivity index (χ1v) is 10.3. The Bertz CT molecular complexity index is 998. The van der Waals surface area contributed by atoms with Gasteiger partial charge in [-0.25, -0.2) is 0 Å². The lowest BCUT2D eigenvalue weighted by Crippen LogP contribution is -2.34. The van der Waals surface area contributed by atoms with E-state index >= 15 is 0 Å². The zero-order valence-corrected chi connectivity index (χ0v) is 19.0. The Kier molecular flexibility index (Phi) is 8.42. The van der Waals surface area contributed by atoms with E-state index < -0.39 is 35.8 Å². The minimum atomic E-state index is -4.66. The van der Waals surface area contributed by atoms with E-state index in [1.165, 1.54) is 44.4 Å². The Labute approximate surface area is 193 Å². The molecule has 0 heterocycles. The van der Waals surface area contributed by atoms with Crippen LogP contribution in [0, 0.1) is 11.8 Å². The molecule has 0 fully saturated rings. The maximum atomic E-state index is 13.6. The number of amides is 1. The van der Waals surface area contributed by atoms with E-state index in [0.29, 0.717) is 5.56 Å². The van der Waals surface area contributed by atoms with Crippen molar-refractivity contribution in [3.63, 3.8) is 0 Å². The number of hydrogen-bond acceptors (Lipinski definition) is 3. The number of benzene rings is 2. The van der Waals surface area contributed by atoms with Crippen molar-refractivity contribution in [2.45, 2.75) is 32.4 Å². The van der Waals surface area contributed by atoms with Gasteiger partial charge in [0.05, 0.1) is 40.6 Å². The number of ether oxygens (including phenoxy) is 1. The van der Waals surface area contributed by atoms with Gasteiger partial charge >= 0.3 is 12.1 Å². The molecule has 0 saturated heterocycles. The molecule has 0 saturated carbocycles. The van der Waals surface area contributed by atoms with Crippen molar-refractivity contribution in [3.05, 3.63) is 57.6 Å². The van der Waals surface area contributed by atoms with Crippen molar-refractivity contribution in [1.29, 1.82) is 0 Å². The number of carboxylic acid groups (broad SMARTS) is 1. The van der Waals surface area contributed by atoms with Crippen LogP contribution in [0.5, 0.6) is 5.75 Å². The van der Waals surface area contributed by atoms with Crippen molar-refractivity contribution in [2.24, 2.45) is 11.8 Å². The van der Waals surface area contributed by atoms with Crippen LogP contribution in [0.15, 0.2) is 36.4 Å². The molecule has 0 aliphatic heterocycles. The Hall–Kier alpha value is -2.45. The largest absolute Gasteiger partial charge is 0.495 e. The molecule has 5 nitrogen and oxygen atoms in total. The molecule has 3 atom stereocenters. The van der Waals surface area contributed by atoms with Crippen LogP contribution in [0.4, 0.5) is 18.9 Å². The van der Waals surface area contributed by atoms with Crippen LogP contribution in [0.2, 0.25) is 10.0 Å². The van der Waals surface area contributed by atoms with Crippen LogP contribution in [-0.2, 0) is 16.0 Å². The Morgan fingerprint density at radius 3 is 2.28 bits per heavy atom. The highest BCUT2D eigenvalue weighted by Crippen LogP contribution is 2.40. The Morgan fingerprint density at radius 2 is 1.72 bits per heavy atom. The van der Waals surface area contributed by atoms with Crippen LogP contribution < -0.4 is 10.1 Å². The average molecular weight is 492 g/mol. The molecule has 0 unspecified atom stereocenters. The van der Waals surface area contributed by atoms with Gasteiger partial charge in [-0.15, -0.1) is 0 Å². The van der Waals surface area contributed by atoms with Crippen LogP contribution >= 0.6 is 23.2 Å². The molecule has 32 heavy (non-hydrogen) atoms. The second-order valence-electron chi connectivity index (χ2n) is 7.45. The molecule has 0 bridgehead atoms. The van der Waals surface area contributed by atoms with E-state index in [9.17, 15) is 22.8 Å². The average Bonchev–Trinajstić information content (AvgIpc) is 2.70. The maximum absolute atomic E-state index is 13.6. The van der Waals surface area contributed by atoms with Crippen molar-refractivity contribution in [1.82, 2.24) is 0 Å². The van der Waals surface area contributed by atoms with E-state index in [2.05, 4.69) is 5.32 Å². The van der Waals surface area contributed by atoms with Gasteiger partial charge < -0.3 is 15.2 Å². The normalized spacial score (nSPS) is 14.4. The quantitative estimate of drug-likeness (QED) is 0.461. The standard InChI is InChI=1S/C22H22Cl2F3NO4/c1-11(21(30)31)8-13-4-6-15(23)17(9-13)28-20(29)19(12(2)22(25,26)27)14-5-7-16(24)18(10-14)32-3/h4-7,9-12,19H,8H2,1-3H3,(H,28,29)(H,30,31)/t11-,12+,19-/m0/s1. The summed E-state index contributed by atoms with van der Waals surface area (Å²) in [6.07, 6.45) is -4.50. The maximum Gasteiger partial charge on any atom is 0.392 e. The zero-order valence-electron chi connectivity index (χ0n) is 17.5. The Morgan fingerprint density at radius 1 is 1.09 bits per heavy atom. The van der Waals surface area contributed by atoms with E-state index in [0.717, 1.165) is 6.92 Å². The van der Waals surface area contributed by atoms with Crippen molar-refractivity contribution >= 4 is 40.8 Å². The number of nitrogens with one attached hydrogen (secondary N) is 1. The number of rotatable bonds is 8. The summed E-state index contributed by atoms with van der Waals surface area (Å²) in [5.74, 6) is -6.12. The number of alkyl halides is 3. The summed E-state index contributed by atoms with van der Waals surface area (Å²) in [5, 5.41) is 11.9. The minimum Gasteiger partial charge on any atom is -0.495 e. The molecule has 174 valence electrons. The summed E-state index contributed by atoms with van der Waals surface area (Å²) in [6.45, 7) is 2.43. The van der Waals surface area contributed by atoms with Gasteiger partial charge in [0.15, 0.2) is 0 Å². The van der Waals surface area contributed by atoms with E-state index in [1.807, 2.05) is 0 Å². The number of aliphatic carboxylic acids is 1. The molecule has 2 aromatic rings. The second-order valence-corrected chi connectivity index (χ2v) is 8.26. The summed E-state index contributed by atoms with van der Waals surface area (Å²) in [4.78, 5) is 24.1. The predicted molar refractivity (Wildman–Crippen MR) is 117 cm³/mol. The third-order valence-electron chi connectivity index (χ3n) is 5.09. The number of carbonyl (C=O) groups excluding carboxylic acids is 1. The third-order valence-corrected chi connectivity index (χ3v) is 5.73. The highest BCUT2D eigenvalue weighted by Gasteiger charge is 2.45. The molecule has 2 N–H and O–H groups in total. The van der Waals surface area contributed by atoms with Gasteiger partial charge in [0, 0.05) is 0 Å². The first kappa shape index (κ1) is 25.8. The molecule has 0 spiro atoms. The molecule has 10 heteroatoms. The van der Waals surface area contributed by atoms with Gasteiger partial charge in [-0.2, -0.15) is 13.2 Å². The number of hydrogen-bond donors (Lipinski definition) is 2. The monoisotopic (exact) mass is 491 g/mol. The van der Waals surface area contributed by atoms with Gasteiger partial charge in [-0.3, -0.25) is 9.59 Å². The van der Waals surface area contributed by atoms with Gasteiger partial charge in [-0.1, -0.05) is 49.2 Å². The summed E-state index contributed by atoms with van der Waals surface area (Å²) >= 11 is 12.1. The SMILES string of the molecule is COc1cc([C@@H](C(=O)Nc2cc(C[C@H](C)C(=O)O)ccc2Cl)[C@@H](C)C(F)(F)F)ccc1Cl. The number of methoxy groups -OCH3 is 1. The number of carboxylic acids is 1. The lowest BCUT2D eigenvalue weighted by Gasteiger charge is -2.26. The van der Waals surface area contributed by atoms with Crippen LogP contribution in [-0.4, -0.2) is 30.3 Å². The van der Waals surface area contributed by atoms with Crippen LogP contribution in [0.1, 0.15) is 30.9 Å². The summed E-state index contributed by atoms with van der Waals surface area (Å²) in [6, 6.07) is 8.49. The van der Waals surface area contributed by atoms with Crippen LogP contribution in [0.3, 0.4) is 0 Å². The fourth-order valence-corrected chi connectivity index (χ4v) is 3.53.